The van der Waals surface area contributed by atoms with E-state index in [0.717, 1.165) is 12.1 Å². The summed E-state index contributed by atoms with van der Waals surface area (Å²) in [7, 11) is -4.13. The first-order chi connectivity index (χ1) is 9.72. The number of nitrogens with two attached hydrogens (primary N) is 1. The van der Waals surface area contributed by atoms with Gasteiger partial charge in [0, 0.05) is 18.8 Å². The number of sulfonamides is 1. The van der Waals surface area contributed by atoms with Gasteiger partial charge in [-0.25, -0.2) is 17.5 Å². The number of benzene rings is 1. The van der Waals surface area contributed by atoms with E-state index in [-0.39, 0.29) is 11.6 Å². The third kappa shape index (κ3) is 4.15. The summed E-state index contributed by atoms with van der Waals surface area (Å²) >= 11 is 0. The van der Waals surface area contributed by atoms with Crippen molar-refractivity contribution in [3.8, 4) is 0 Å². The third-order valence-electron chi connectivity index (χ3n) is 3.14. The molecule has 0 saturated heterocycles. The van der Waals surface area contributed by atoms with E-state index in [9.17, 15) is 17.6 Å². The average Bonchev–Trinajstić information content (AvgIpc) is 2.42. The Kier molecular flexibility index (Phi) is 5.68. The molecule has 0 heterocycles. The summed E-state index contributed by atoms with van der Waals surface area (Å²) in [5.41, 5.74) is 6.22. The van der Waals surface area contributed by atoms with Crippen LogP contribution in [0.15, 0.2) is 17.0 Å². The summed E-state index contributed by atoms with van der Waals surface area (Å²) in [4.78, 5) is 12.7. The summed E-state index contributed by atoms with van der Waals surface area (Å²) in [6.07, 6.45) is 0. The van der Waals surface area contributed by atoms with E-state index in [1.807, 2.05) is 0 Å². The van der Waals surface area contributed by atoms with Gasteiger partial charge in [-0.05, 0) is 38.5 Å². The van der Waals surface area contributed by atoms with Crippen molar-refractivity contribution < 1.29 is 17.6 Å². The molecule has 1 aromatic carbocycles. The predicted octanol–water partition coefficient (Wildman–Crippen LogP) is 0.863. The molecule has 0 bridgehead atoms. The normalized spacial score (nSPS) is 11.4. The number of halogens is 1. The first-order valence-electron chi connectivity index (χ1n) is 6.56. The molecule has 0 aliphatic heterocycles. The molecule has 1 rings (SSSR count). The molecular formula is C13H20FN3O3S. The Bertz CT molecular complexity index is 628. The fourth-order valence-corrected chi connectivity index (χ4v) is 2.86. The van der Waals surface area contributed by atoms with Crippen LogP contribution in [0.25, 0.3) is 0 Å². The third-order valence-corrected chi connectivity index (χ3v) is 4.56. The Hall–Kier alpha value is -1.67. The molecule has 1 aromatic rings. The first-order valence-corrected chi connectivity index (χ1v) is 8.04. The van der Waals surface area contributed by atoms with Crippen LogP contribution in [-0.2, 0) is 14.8 Å². The van der Waals surface area contributed by atoms with Gasteiger partial charge in [-0.15, -0.1) is 0 Å². The molecule has 6 nitrogen and oxygen atoms in total. The van der Waals surface area contributed by atoms with Crippen LogP contribution < -0.4 is 10.5 Å². The first kappa shape index (κ1) is 17.4. The van der Waals surface area contributed by atoms with E-state index in [0.29, 0.717) is 18.7 Å². The molecule has 8 heteroatoms. The fraction of sp³-hybridized carbons (Fsp3) is 0.462. The quantitative estimate of drug-likeness (QED) is 0.761. The number of hydrogen-bond donors (Lipinski definition) is 2. The lowest BCUT2D eigenvalue weighted by atomic mass is 10.2. The fourth-order valence-electron chi connectivity index (χ4n) is 1.80. The molecule has 3 N–H and O–H groups in total. The predicted molar refractivity (Wildman–Crippen MR) is 78.7 cm³/mol. The van der Waals surface area contributed by atoms with Crippen molar-refractivity contribution in [3.05, 3.63) is 23.5 Å². The Morgan fingerprint density at radius 2 is 1.90 bits per heavy atom. The highest BCUT2D eigenvalue weighted by molar-refractivity contribution is 7.89. The molecule has 0 spiro atoms. The van der Waals surface area contributed by atoms with Crippen LogP contribution in [0.2, 0.25) is 0 Å². The Morgan fingerprint density at radius 3 is 2.43 bits per heavy atom. The number of nitrogens with one attached hydrogen (secondary N) is 1. The molecule has 0 aliphatic rings. The standard InChI is InChI=1S/C13H20FN3O3S/c1-4-17(5-2)13(18)8-16-21(19,20)12-7-11(15)9(3)6-10(12)14/h6-7,16H,4-5,8,15H2,1-3H3. The lowest BCUT2D eigenvalue weighted by Gasteiger charge is -2.18. The summed E-state index contributed by atoms with van der Waals surface area (Å²) in [6.45, 7) is 5.68. The van der Waals surface area contributed by atoms with Gasteiger partial charge < -0.3 is 10.6 Å². The summed E-state index contributed by atoms with van der Waals surface area (Å²) in [5, 5.41) is 0. The smallest absolute Gasteiger partial charge is 0.244 e. The van der Waals surface area contributed by atoms with Crippen LogP contribution in [0, 0.1) is 12.7 Å². The number of carbonyl (C=O) groups excluding carboxylic acids is 1. The van der Waals surface area contributed by atoms with Gasteiger partial charge in [0.2, 0.25) is 15.9 Å². The minimum atomic E-state index is -4.13. The van der Waals surface area contributed by atoms with Crippen LogP contribution in [0.5, 0.6) is 0 Å². The summed E-state index contributed by atoms with van der Waals surface area (Å²) in [5.74, 6) is -1.27. The minimum absolute atomic E-state index is 0.173. The SMILES string of the molecule is CCN(CC)C(=O)CNS(=O)(=O)c1cc(N)c(C)cc1F. The second-order valence-corrected chi connectivity index (χ2v) is 6.27. The minimum Gasteiger partial charge on any atom is -0.398 e. The van der Waals surface area contributed by atoms with Crippen LogP contribution >= 0.6 is 0 Å². The Balaban J connectivity index is 2.93. The van der Waals surface area contributed by atoms with E-state index in [2.05, 4.69) is 4.72 Å². The molecule has 0 aromatic heterocycles. The molecule has 0 aliphatic carbocycles. The number of carbonyl (C=O) groups is 1. The number of aryl methyl sites for hydroxylation is 1. The number of amides is 1. The van der Waals surface area contributed by atoms with Crippen molar-refractivity contribution in [1.29, 1.82) is 0 Å². The summed E-state index contributed by atoms with van der Waals surface area (Å²) < 4.78 is 40.0. The van der Waals surface area contributed by atoms with E-state index in [1.165, 1.54) is 4.90 Å². The van der Waals surface area contributed by atoms with E-state index in [1.54, 1.807) is 20.8 Å². The van der Waals surface area contributed by atoms with Gasteiger partial charge in [-0.3, -0.25) is 4.79 Å². The zero-order valence-electron chi connectivity index (χ0n) is 12.3. The monoisotopic (exact) mass is 317 g/mol. The Labute approximate surface area is 124 Å². The van der Waals surface area contributed by atoms with E-state index in [4.69, 9.17) is 5.73 Å². The molecule has 21 heavy (non-hydrogen) atoms. The highest BCUT2D eigenvalue weighted by Crippen LogP contribution is 2.21. The van der Waals surface area contributed by atoms with Gasteiger partial charge >= 0.3 is 0 Å². The highest BCUT2D eigenvalue weighted by atomic mass is 32.2. The largest absolute Gasteiger partial charge is 0.398 e. The van der Waals surface area contributed by atoms with E-state index < -0.39 is 27.3 Å². The second kappa shape index (κ2) is 6.86. The van der Waals surface area contributed by atoms with Crippen molar-refractivity contribution in [1.82, 2.24) is 9.62 Å². The van der Waals surface area contributed by atoms with Crippen molar-refractivity contribution in [3.63, 3.8) is 0 Å². The topological polar surface area (TPSA) is 92.5 Å². The number of nitrogens with zero attached hydrogens (tertiary/aromatic N) is 1. The molecule has 0 radical (unpaired) electrons. The summed E-state index contributed by atoms with van der Waals surface area (Å²) in [6, 6.07) is 2.10. The molecular weight excluding hydrogens is 297 g/mol. The van der Waals surface area contributed by atoms with Crippen LogP contribution in [0.4, 0.5) is 10.1 Å². The maximum Gasteiger partial charge on any atom is 0.244 e. The van der Waals surface area contributed by atoms with Crippen LogP contribution in [0.3, 0.4) is 0 Å². The number of rotatable bonds is 6. The van der Waals surface area contributed by atoms with Gasteiger partial charge in [0.25, 0.3) is 0 Å². The van der Waals surface area contributed by atoms with Gasteiger partial charge in [0.1, 0.15) is 10.7 Å². The lowest BCUT2D eigenvalue weighted by molar-refractivity contribution is -0.129. The van der Waals surface area contributed by atoms with Gasteiger partial charge in [0.15, 0.2) is 0 Å². The molecule has 118 valence electrons. The zero-order valence-corrected chi connectivity index (χ0v) is 13.1. The maximum atomic E-state index is 13.8. The second-order valence-electron chi connectivity index (χ2n) is 4.53. The van der Waals surface area contributed by atoms with Crippen molar-refractivity contribution in [2.45, 2.75) is 25.7 Å². The number of nitrogen functional groups attached to an aromatic ring is 1. The Morgan fingerprint density at radius 1 is 1.33 bits per heavy atom. The van der Waals surface area contributed by atoms with Gasteiger partial charge in [0.05, 0.1) is 6.54 Å². The number of anilines is 1. The van der Waals surface area contributed by atoms with Gasteiger partial charge in [-0.1, -0.05) is 0 Å². The van der Waals surface area contributed by atoms with Crippen molar-refractivity contribution in [2.75, 3.05) is 25.4 Å². The van der Waals surface area contributed by atoms with Gasteiger partial charge in [-0.2, -0.15) is 0 Å². The highest BCUT2D eigenvalue weighted by Gasteiger charge is 2.22. The molecule has 1 amide bonds. The molecule has 0 atom stereocenters. The number of likely N-dealkylation sites (N-methyl/N-ethyl adjacent to an activating group) is 1. The molecule has 0 unspecified atom stereocenters. The molecule has 0 fully saturated rings. The van der Waals surface area contributed by atoms with Crippen molar-refractivity contribution >= 4 is 21.6 Å². The maximum absolute atomic E-state index is 13.8. The zero-order chi connectivity index (χ0) is 16.2. The van der Waals surface area contributed by atoms with Crippen LogP contribution in [0.1, 0.15) is 19.4 Å². The van der Waals surface area contributed by atoms with Crippen molar-refractivity contribution in [2.24, 2.45) is 0 Å². The average molecular weight is 317 g/mol. The lowest BCUT2D eigenvalue weighted by Crippen LogP contribution is -2.40. The number of hydrogen-bond acceptors (Lipinski definition) is 4. The van der Waals surface area contributed by atoms with Crippen LogP contribution in [-0.4, -0.2) is 38.9 Å². The molecule has 0 saturated carbocycles. The van der Waals surface area contributed by atoms with E-state index >= 15 is 0 Å².